The predicted octanol–water partition coefficient (Wildman–Crippen LogP) is 4.82. The van der Waals surface area contributed by atoms with E-state index in [0.29, 0.717) is 16.3 Å². The molecule has 0 heterocycles. The quantitative estimate of drug-likeness (QED) is 0.291. The fourth-order valence-electron chi connectivity index (χ4n) is 5.34. The number of nitrogens with one attached hydrogen (secondary N) is 1. The van der Waals surface area contributed by atoms with Gasteiger partial charge in [0.2, 0.25) is 21.8 Å². The number of carbonyl (C=O) groups excluding carboxylic acids is 2. The van der Waals surface area contributed by atoms with Crippen molar-refractivity contribution in [3.63, 3.8) is 0 Å². The van der Waals surface area contributed by atoms with Crippen LogP contribution in [-0.2, 0) is 32.6 Å². The van der Waals surface area contributed by atoms with Crippen molar-refractivity contribution in [3.05, 3.63) is 88.9 Å². The summed E-state index contributed by atoms with van der Waals surface area (Å²) >= 11 is 6.28. The lowest BCUT2D eigenvalue weighted by atomic mass is 10.0. The van der Waals surface area contributed by atoms with Crippen LogP contribution in [-0.4, -0.2) is 64.2 Å². The van der Waals surface area contributed by atoms with Crippen LogP contribution < -0.4 is 19.1 Å². The van der Waals surface area contributed by atoms with E-state index in [4.69, 9.17) is 21.1 Å². The van der Waals surface area contributed by atoms with E-state index in [2.05, 4.69) is 5.32 Å². The molecule has 0 aromatic heterocycles. The van der Waals surface area contributed by atoms with Crippen molar-refractivity contribution in [1.82, 2.24) is 10.2 Å². The lowest BCUT2D eigenvalue weighted by Crippen LogP contribution is -2.54. The van der Waals surface area contributed by atoms with E-state index in [9.17, 15) is 18.0 Å². The lowest BCUT2D eigenvalue weighted by Gasteiger charge is -2.34. The summed E-state index contributed by atoms with van der Waals surface area (Å²) in [5.74, 6) is -0.195. The number of hydrogen-bond acceptors (Lipinski definition) is 6. The molecular weight excluding hydrogens is 590 g/mol. The number of methoxy groups -OCH3 is 2. The van der Waals surface area contributed by atoms with E-state index in [1.54, 1.807) is 30.3 Å². The molecule has 0 aliphatic heterocycles. The van der Waals surface area contributed by atoms with Crippen LogP contribution in [0.1, 0.15) is 36.8 Å². The van der Waals surface area contributed by atoms with Gasteiger partial charge in [-0.15, -0.1) is 0 Å². The molecule has 3 aromatic rings. The second kappa shape index (κ2) is 14.6. The van der Waals surface area contributed by atoms with E-state index in [0.717, 1.165) is 41.8 Å². The smallest absolute Gasteiger partial charge is 0.244 e. The van der Waals surface area contributed by atoms with E-state index in [1.807, 2.05) is 36.4 Å². The Hall–Kier alpha value is -3.76. The molecular formula is C32H38ClN3O6S. The number of hydrogen-bond donors (Lipinski definition) is 1. The Kier molecular flexibility index (Phi) is 10.9. The van der Waals surface area contributed by atoms with Crippen molar-refractivity contribution in [3.8, 4) is 11.5 Å². The van der Waals surface area contributed by atoms with Gasteiger partial charge in [0.25, 0.3) is 0 Å². The van der Waals surface area contributed by atoms with Gasteiger partial charge in [-0.1, -0.05) is 66.9 Å². The standard InChI is InChI=1S/C32H38ClN3O6S/c1-41-27-16-17-30(42-2)28(20-27)36(43(3,39)40)22-31(37)35(21-24-12-9-13-25(33)18-24)29(19-23-10-5-4-6-11-23)32(38)34-26-14-7-8-15-26/h4-6,9-13,16-18,20,26,29H,7-8,14-15,19,21-22H2,1-3H3,(H,34,38)/t29-/m0/s1. The molecule has 0 saturated heterocycles. The summed E-state index contributed by atoms with van der Waals surface area (Å²) < 4.78 is 38.0. The molecule has 3 aromatic carbocycles. The van der Waals surface area contributed by atoms with Crippen molar-refractivity contribution >= 4 is 39.1 Å². The molecule has 2 amide bonds. The summed E-state index contributed by atoms with van der Waals surface area (Å²) in [6.07, 6.45) is 5.09. The van der Waals surface area contributed by atoms with Gasteiger partial charge in [0, 0.05) is 30.1 Å². The van der Waals surface area contributed by atoms with Gasteiger partial charge in [-0.05, 0) is 48.2 Å². The SMILES string of the molecule is COc1ccc(OC)c(N(CC(=O)N(Cc2cccc(Cl)c2)[C@@H](Cc2ccccc2)C(=O)NC2CCCC2)S(C)(=O)=O)c1. The molecule has 230 valence electrons. The molecule has 1 aliphatic carbocycles. The van der Waals surface area contributed by atoms with Gasteiger partial charge in [0.1, 0.15) is 24.1 Å². The highest BCUT2D eigenvalue weighted by Crippen LogP contribution is 2.34. The average molecular weight is 628 g/mol. The maximum atomic E-state index is 14.3. The number of anilines is 1. The van der Waals surface area contributed by atoms with Crippen LogP contribution in [0.5, 0.6) is 11.5 Å². The average Bonchev–Trinajstić information content (AvgIpc) is 3.50. The van der Waals surface area contributed by atoms with Gasteiger partial charge in [0.05, 0.1) is 26.2 Å². The fraction of sp³-hybridized carbons (Fsp3) is 0.375. The van der Waals surface area contributed by atoms with Crippen LogP contribution in [0.3, 0.4) is 0 Å². The molecule has 4 rings (SSSR count). The fourth-order valence-corrected chi connectivity index (χ4v) is 6.40. The second-order valence-corrected chi connectivity index (χ2v) is 13.0. The van der Waals surface area contributed by atoms with Gasteiger partial charge < -0.3 is 19.7 Å². The van der Waals surface area contributed by atoms with Gasteiger partial charge in [-0.25, -0.2) is 8.42 Å². The minimum Gasteiger partial charge on any atom is -0.497 e. The third kappa shape index (κ3) is 8.64. The second-order valence-electron chi connectivity index (χ2n) is 10.7. The highest BCUT2D eigenvalue weighted by atomic mass is 35.5. The van der Waals surface area contributed by atoms with E-state index in [1.165, 1.54) is 25.2 Å². The first kappa shape index (κ1) is 32.2. The molecule has 1 aliphatic rings. The highest BCUT2D eigenvalue weighted by molar-refractivity contribution is 7.92. The molecule has 1 fully saturated rings. The molecule has 1 N–H and O–H groups in total. The van der Waals surface area contributed by atoms with Crippen LogP contribution in [0.25, 0.3) is 0 Å². The molecule has 9 nitrogen and oxygen atoms in total. The minimum absolute atomic E-state index is 0.0301. The van der Waals surface area contributed by atoms with Crippen LogP contribution >= 0.6 is 11.6 Å². The van der Waals surface area contributed by atoms with Crippen molar-refractivity contribution in [2.24, 2.45) is 0 Å². The summed E-state index contributed by atoms with van der Waals surface area (Å²) in [4.78, 5) is 29.7. The first-order valence-corrected chi connectivity index (χ1v) is 16.4. The number of carbonyl (C=O) groups is 2. The molecule has 0 unspecified atom stereocenters. The monoisotopic (exact) mass is 627 g/mol. The molecule has 0 bridgehead atoms. The Morgan fingerprint density at radius 3 is 2.28 bits per heavy atom. The first-order valence-electron chi connectivity index (χ1n) is 14.2. The van der Waals surface area contributed by atoms with Crippen molar-refractivity contribution in [1.29, 1.82) is 0 Å². The Labute approximate surface area is 258 Å². The predicted molar refractivity (Wildman–Crippen MR) is 168 cm³/mol. The summed E-state index contributed by atoms with van der Waals surface area (Å²) in [7, 11) is -1.10. The molecule has 1 saturated carbocycles. The number of amides is 2. The van der Waals surface area contributed by atoms with Crippen molar-refractivity contribution in [2.75, 3.05) is 31.3 Å². The topological polar surface area (TPSA) is 105 Å². The normalized spacial score (nSPS) is 14.1. The molecule has 43 heavy (non-hydrogen) atoms. The van der Waals surface area contributed by atoms with E-state index >= 15 is 0 Å². The summed E-state index contributed by atoms with van der Waals surface area (Å²) in [5, 5.41) is 3.64. The Morgan fingerprint density at radius 2 is 1.65 bits per heavy atom. The van der Waals surface area contributed by atoms with Crippen molar-refractivity contribution in [2.45, 2.75) is 50.7 Å². The molecule has 1 atom stereocenters. The zero-order valence-electron chi connectivity index (χ0n) is 24.7. The van der Waals surface area contributed by atoms with Crippen LogP contribution in [0.4, 0.5) is 5.69 Å². The summed E-state index contributed by atoms with van der Waals surface area (Å²) in [6.45, 7) is -0.521. The van der Waals surface area contributed by atoms with Crippen molar-refractivity contribution < 1.29 is 27.5 Å². The maximum Gasteiger partial charge on any atom is 0.244 e. The van der Waals surface area contributed by atoms with Gasteiger partial charge in [-0.3, -0.25) is 13.9 Å². The summed E-state index contributed by atoms with van der Waals surface area (Å²) in [6, 6.07) is 20.3. The largest absolute Gasteiger partial charge is 0.497 e. The Bertz CT molecular complexity index is 1510. The van der Waals surface area contributed by atoms with Crippen LogP contribution in [0.15, 0.2) is 72.8 Å². The zero-order valence-corrected chi connectivity index (χ0v) is 26.2. The third-order valence-electron chi connectivity index (χ3n) is 7.55. The lowest BCUT2D eigenvalue weighted by molar-refractivity contribution is -0.140. The molecule has 0 spiro atoms. The van der Waals surface area contributed by atoms with Gasteiger partial charge in [-0.2, -0.15) is 0 Å². The zero-order chi connectivity index (χ0) is 31.0. The number of rotatable bonds is 13. The number of halogens is 1. The first-order chi connectivity index (χ1) is 20.6. The number of sulfonamides is 1. The molecule has 0 radical (unpaired) electrons. The maximum absolute atomic E-state index is 14.3. The molecule has 11 heteroatoms. The number of nitrogens with zero attached hydrogens (tertiary/aromatic N) is 2. The minimum atomic E-state index is -3.98. The van der Waals surface area contributed by atoms with Gasteiger partial charge >= 0.3 is 0 Å². The highest BCUT2D eigenvalue weighted by Gasteiger charge is 2.35. The van der Waals surface area contributed by atoms with Crippen LogP contribution in [0, 0.1) is 0 Å². The van der Waals surface area contributed by atoms with E-state index in [-0.39, 0.29) is 36.4 Å². The van der Waals surface area contributed by atoms with Gasteiger partial charge in [0.15, 0.2) is 0 Å². The summed E-state index contributed by atoms with van der Waals surface area (Å²) in [5.41, 5.74) is 1.72. The Morgan fingerprint density at radius 1 is 0.953 bits per heavy atom. The Balaban J connectivity index is 1.76. The number of benzene rings is 3. The van der Waals surface area contributed by atoms with Crippen LogP contribution in [0.2, 0.25) is 5.02 Å². The third-order valence-corrected chi connectivity index (χ3v) is 8.91. The van der Waals surface area contributed by atoms with E-state index < -0.39 is 28.5 Å². The number of ether oxygens (including phenoxy) is 2.